The minimum Gasteiger partial charge on any atom is -0.497 e. The fourth-order valence-electron chi connectivity index (χ4n) is 1.76. The van der Waals surface area contributed by atoms with E-state index < -0.39 is 0 Å². The SMILES string of the molecule is COc1ccc(NC(=O)CCn2ncccc2=O)c(N)c1. The summed E-state index contributed by atoms with van der Waals surface area (Å²) in [6.45, 7) is 0.210. The number of hydrogen-bond donors (Lipinski definition) is 2. The van der Waals surface area contributed by atoms with Crippen molar-refractivity contribution in [3.63, 3.8) is 0 Å². The third-order valence-corrected chi connectivity index (χ3v) is 2.87. The summed E-state index contributed by atoms with van der Waals surface area (Å²) >= 11 is 0. The second kappa shape index (κ2) is 6.56. The van der Waals surface area contributed by atoms with E-state index in [1.54, 1.807) is 24.3 Å². The average molecular weight is 288 g/mol. The Balaban J connectivity index is 1.96. The maximum absolute atomic E-state index is 11.9. The molecule has 1 amide bonds. The highest BCUT2D eigenvalue weighted by Gasteiger charge is 2.07. The highest BCUT2D eigenvalue weighted by Crippen LogP contribution is 2.24. The number of anilines is 2. The third-order valence-electron chi connectivity index (χ3n) is 2.87. The van der Waals surface area contributed by atoms with Crippen molar-refractivity contribution in [1.82, 2.24) is 9.78 Å². The molecule has 0 spiro atoms. The average Bonchev–Trinajstić information content (AvgIpc) is 2.48. The molecule has 110 valence electrons. The predicted octanol–water partition coefficient (Wildman–Crippen LogP) is 0.863. The molecule has 3 N–H and O–H groups in total. The van der Waals surface area contributed by atoms with E-state index in [4.69, 9.17) is 10.5 Å². The van der Waals surface area contributed by atoms with Gasteiger partial charge in [-0.3, -0.25) is 9.59 Å². The standard InChI is InChI=1S/C14H16N4O3/c1-21-10-4-5-12(11(15)9-10)17-13(19)6-8-18-14(20)3-2-7-16-18/h2-5,7,9H,6,8,15H2,1H3,(H,17,19). The zero-order chi connectivity index (χ0) is 15.2. The molecule has 1 aromatic heterocycles. The van der Waals surface area contributed by atoms with Gasteiger partial charge < -0.3 is 15.8 Å². The molecule has 0 saturated carbocycles. The van der Waals surface area contributed by atoms with Crippen molar-refractivity contribution in [2.45, 2.75) is 13.0 Å². The van der Waals surface area contributed by atoms with Gasteiger partial charge in [0.05, 0.1) is 25.0 Å². The van der Waals surface area contributed by atoms with Gasteiger partial charge in [-0.2, -0.15) is 5.10 Å². The first-order valence-corrected chi connectivity index (χ1v) is 6.35. The van der Waals surface area contributed by atoms with Crippen LogP contribution in [0.2, 0.25) is 0 Å². The van der Waals surface area contributed by atoms with Gasteiger partial charge in [0.1, 0.15) is 5.75 Å². The fourth-order valence-corrected chi connectivity index (χ4v) is 1.76. The van der Waals surface area contributed by atoms with Gasteiger partial charge in [0.15, 0.2) is 0 Å². The fraction of sp³-hybridized carbons (Fsp3) is 0.214. The second-order valence-electron chi connectivity index (χ2n) is 4.34. The predicted molar refractivity (Wildman–Crippen MR) is 79.2 cm³/mol. The molecular weight excluding hydrogens is 272 g/mol. The Kier molecular flexibility index (Phi) is 4.55. The number of amides is 1. The molecule has 2 aromatic rings. The van der Waals surface area contributed by atoms with Crippen LogP contribution in [0.5, 0.6) is 5.75 Å². The van der Waals surface area contributed by atoms with E-state index in [0.29, 0.717) is 17.1 Å². The number of ether oxygens (including phenoxy) is 1. The van der Waals surface area contributed by atoms with Crippen molar-refractivity contribution >= 4 is 17.3 Å². The van der Waals surface area contributed by atoms with E-state index in [1.807, 2.05) is 0 Å². The number of rotatable bonds is 5. The van der Waals surface area contributed by atoms with Crippen LogP contribution in [0.4, 0.5) is 11.4 Å². The molecular formula is C14H16N4O3. The van der Waals surface area contributed by atoms with Gasteiger partial charge in [-0.15, -0.1) is 0 Å². The molecule has 0 radical (unpaired) electrons. The van der Waals surface area contributed by atoms with Crippen LogP contribution in [0.1, 0.15) is 6.42 Å². The summed E-state index contributed by atoms with van der Waals surface area (Å²) < 4.78 is 6.27. The van der Waals surface area contributed by atoms with E-state index in [-0.39, 0.29) is 24.4 Å². The molecule has 0 aliphatic rings. The van der Waals surface area contributed by atoms with Crippen LogP contribution in [0.3, 0.4) is 0 Å². The highest BCUT2D eigenvalue weighted by molar-refractivity contribution is 5.93. The number of nitrogens with one attached hydrogen (secondary N) is 1. The Morgan fingerprint density at radius 1 is 1.43 bits per heavy atom. The molecule has 2 rings (SSSR count). The number of nitrogens with zero attached hydrogens (tertiary/aromatic N) is 2. The van der Waals surface area contributed by atoms with Gasteiger partial charge in [-0.05, 0) is 18.2 Å². The largest absolute Gasteiger partial charge is 0.497 e. The number of benzene rings is 1. The minimum atomic E-state index is -0.246. The van der Waals surface area contributed by atoms with Gasteiger partial charge in [-0.1, -0.05) is 0 Å². The molecule has 7 heteroatoms. The molecule has 0 aliphatic heterocycles. The number of nitrogens with two attached hydrogens (primary N) is 1. The Morgan fingerprint density at radius 3 is 2.90 bits per heavy atom. The molecule has 0 saturated heterocycles. The minimum absolute atomic E-state index is 0.127. The first kappa shape index (κ1) is 14.6. The Labute approximate surface area is 121 Å². The summed E-state index contributed by atoms with van der Waals surface area (Å²) in [7, 11) is 1.54. The first-order valence-electron chi connectivity index (χ1n) is 6.35. The van der Waals surface area contributed by atoms with Crippen molar-refractivity contribution < 1.29 is 9.53 Å². The zero-order valence-electron chi connectivity index (χ0n) is 11.6. The quantitative estimate of drug-likeness (QED) is 0.795. The molecule has 21 heavy (non-hydrogen) atoms. The summed E-state index contributed by atoms with van der Waals surface area (Å²) in [4.78, 5) is 23.3. The lowest BCUT2D eigenvalue weighted by Gasteiger charge is -2.10. The second-order valence-corrected chi connectivity index (χ2v) is 4.34. The number of carbonyl (C=O) groups is 1. The van der Waals surface area contributed by atoms with Crippen LogP contribution < -0.4 is 21.3 Å². The maximum Gasteiger partial charge on any atom is 0.266 e. The Hall–Kier alpha value is -2.83. The first-order chi connectivity index (χ1) is 10.1. The van der Waals surface area contributed by atoms with Crippen LogP contribution in [-0.2, 0) is 11.3 Å². The molecule has 0 aliphatic carbocycles. The van der Waals surface area contributed by atoms with Crippen LogP contribution in [0, 0.1) is 0 Å². The van der Waals surface area contributed by atoms with E-state index in [9.17, 15) is 9.59 Å². The van der Waals surface area contributed by atoms with Gasteiger partial charge in [0.25, 0.3) is 5.56 Å². The van der Waals surface area contributed by atoms with Crippen molar-refractivity contribution in [3.8, 4) is 5.75 Å². The molecule has 0 fully saturated rings. The Bertz CT molecular complexity index is 697. The smallest absolute Gasteiger partial charge is 0.266 e. The van der Waals surface area contributed by atoms with E-state index in [1.165, 1.54) is 24.1 Å². The number of aryl methyl sites for hydroxylation is 1. The van der Waals surface area contributed by atoms with Crippen LogP contribution in [-0.4, -0.2) is 22.8 Å². The van der Waals surface area contributed by atoms with Crippen LogP contribution >= 0.6 is 0 Å². The monoisotopic (exact) mass is 288 g/mol. The molecule has 1 heterocycles. The zero-order valence-corrected chi connectivity index (χ0v) is 11.6. The number of nitrogen functional groups attached to an aromatic ring is 1. The normalized spacial score (nSPS) is 10.1. The summed E-state index contributed by atoms with van der Waals surface area (Å²) in [6.07, 6.45) is 1.63. The number of hydrogen-bond acceptors (Lipinski definition) is 5. The maximum atomic E-state index is 11.9. The van der Waals surface area contributed by atoms with Gasteiger partial charge in [0, 0.05) is 24.8 Å². The lowest BCUT2D eigenvalue weighted by Crippen LogP contribution is -2.24. The van der Waals surface area contributed by atoms with Crippen molar-refractivity contribution in [3.05, 3.63) is 46.9 Å². The van der Waals surface area contributed by atoms with Gasteiger partial charge >= 0.3 is 0 Å². The molecule has 0 unspecified atom stereocenters. The van der Waals surface area contributed by atoms with Crippen molar-refractivity contribution in [1.29, 1.82) is 0 Å². The number of aromatic nitrogens is 2. The summed E-state index contributed by atoms with van der Waals surface area (Å²) in [5.74, 6) is 0.370. The highest BCUT2D eigenvalue weighted by atomic mass is 16.5. The van der Waals surface area contributed by atoms with Crippen molar-refractivity contribution in [2.24, 2.45) is 0 Å². The summed E-state index contributed by atoms with van der Waals surface area (Å²) in [5, 5.41) is 6.57. The molecule has 7 nitrogen and oxygen atoms in total. The Morgan fingerprint density at radius 2 is 2.24 bits per heavy atom. The van der Waals surface area contributed by atoms with Gasteiger partial charge in [0.2, 0.25) is 5.91 Å². The topological polar surface area (TPSA) is 99.2 Å². The number of methoxy groups -OCH3 is 1. The molecule has 0 atom stereocenters. The van der Waals surface area contributed by atoms with Crippen molar-refractivity contribution in [2.75, 3.05) is 18.2 Å². The third kappa shape index (κ3) is 3.82. The van der Waals surface area contributed by atoms with E-state index in [2.05, 4.69) is 10.4 Å². The van der Waals surface area contributed by atoms with Crippen LogP contribution in [0.25, 0.3) is 0 Å². The number of carbonyl (C=O) groups excluding carboxylic acids is 1. The van der Waals surface area contributed by atoms with E-state index >= 15 is 0 Å². The lowest BCUT2D eigenvalue weighted by molar-refractivity contribution is -0.116. The van der Waals surface area contributed by atoms with E-state index in [0.717, 1.165) is 0 Å². The summed E-state index contributed by atoms with van der Waals surface area (Å²) in [5.41, 5.74) is 6.50. The lowest BCUT2D eigenvalue weighted by atomic mass is 10.2. The van der Waals surface area contributed by atoms with Gasteiger partial charge in [-0.25, -0.2) is 4.68 Å². The van der Waals surface area contributed by atoms with Crippen LogP contribution in [0.15, 0.2) is 41.3 Å². The summed E-state index contributed by atoms with van der Waals surface area (Å²) in [6, 6.07) is 7.94. The molecule has 0 bridgehead atoms. The molecule has 1 aromatic carbocycles.